The van der Waals surface area contributed by atoms with Gasteiger partial charge in [0.25, 0.3) is 0 Å². The van der Waals surface area contributed by atoms with Gasteiger partial charge >= 0.3 is 5.97 Å². The van der Waals surface area contributed by atoms with Crippen molar-refractivity contribution >= 4 is 16.0 Å². The molecule has 0 atom stereocenters. The summed E-state index contributed by atoms with van der Waals surface area (Å²) in [6.45, 7) is 0.546. The maximum absolute atomic E-state index is 11.5. The molecule has 0 aromatic heterocycles. The summed E-state index contributed by atoms with van der Waals surface area (Å²) in [6.07, 6.45) is 0. The Morgan fingerprint density at radius 2 is 2.00 bits per heavy atom. The van der Waals surface area contributed by atoms with Crippen molar-refractivity contribution in [2.45, 2.75) is 11.4 Å². The Morgan fingerprint density at radius 3 is 2.44 bits per heavy atom. The average Bonchev–Trinajstić information content (AvgIpc) is 2.26. The highest BCUT2D eigenvalue weighted by Crippen LogP contribution is 2.18. The lowest BCUT2D eigenvalue weighted by atomic mass is 10.1. The van der Waals surface area contributed by atoms with Gasteiger partial charge in [0.2, 0.25) is 10.0 Å². The minimum Gasteiger partial charge on any atom is -0.465 e. The molecule has 100 valence electrons. The molecule has 0 fully saturated rings. The molecule has 1 aromatic rings. The fourth-order valence-electron chi connectivity index (χ4n) is 1.54. The van der Waals surface area contributed by atoms with Gasteiger partial charge in [-0.1, -0.05) is 6.07 Å². The largest absolute Gasteiger partial charge is 0.465 e. The molecule has 0 spiro atoms. The number of benzene rings is 1. The summed E-state index contributed by atoms with van der Waals surface area (Å²) in [5, 5.41) is 5.10. The molecule has 0 aliphatic heterocycles. The lowest BCUT2D eigenvalue weighted by Crippen LogP contribution is -2.19. The van der Waals surface area contributed by atoms with Crippen LogP contribution in [0.2, 0.25) is 0 Å². The number of hydrogen-bond acceptors (Lipinski definition) is 5. The normalized spacial score (nSPS) is 11.6. The van der Waals surface area contributed by atoms with Gasteiger partial charge in [0.15, 0.2) is 0 Å². The molecule has 0 radical (unpaired) electrons. The number of carbonyl (C=O) groups is 1. The molecule has 0 heterocycles. The van der Waals surface area contributed by atoms with Gasteiger partial charge in [-0.25, -0.2) is 18.4 Å². The molecule has 0 saturated heterocycles. The Kier molecular flexibility index (Phi) is 4.44. The predicted octanol–water partition coefficient (Wildman–Crippen LogP) is 0.182. The number of hydrogen-bond donors (Lipinski definition) is 1. The van der Waals surface area contributed by atoms with Crippen molar-refractivity contribution in [1.29, 1.82) is 0 Å². The van der Waals surface area contributed by atoms with E-state index in [-0.39, 0.29) is 10.5 Å². The van der Waals surface area contributed by atoms with E-state index in [0.717, 1.165) is 5.56 Å². The highest BCUT2D eigenvalue weighted by Gasteiger charge is 2.20. The number of nitrogens with zero attached hydrogens (tertiary/aromatic N) is 1. The van der Waals surface area contributed by atoms with Gasteiger partial charge in [0.1, 0.15) is 0 Å². The molecule has 0 bridgehead atoms. The summed E-state index contributed by atoms with van der Waals surface area (Å²) in [7, 11) is 0.921. The Bertz CT molecular complexity index is 552. The van der Waals surface area contributed by atoms with Crippen LogP contribution in [-0.2, 0) is 21.3 Å². The van der Waals surface area contributed by atoms with Crippen LogP contribution in [0, 0.1) is 0 Å². The molecule has 18 heavy (non-hydrogen) atoms. The van der Waals surface area contributed by atoms with E-state index in [0.29, 0.717) is 6.54 Å². The summed E-state index contributed by atoms with van der Waals surface area (Å²) < 4.78 is 27.5. The minimum atomic E-state index is -3.97. The number of sulfonamides is 1. The van der Waals surface area contributed by atoms with E-state index in [1.54, 1.807) is 6.07 Å². The molecule has 2 N–H and O–H groups in total. The second kappa shape index (κ2) is 5.47. The molecule has 0 aliphatic carbocycles. The fraction of sp³-hybridized carbons (Fsp3) is 0.364. The number of primary sulfonamides is 1. The standard InChI is InChI=1S/C11H16N2O4S/c1-13(2)7-8-4-5-9(11(14)17-3)10(6-8)18(12,15)16/h4-6H,7H2,1-3H3,(H2,12,15,16). The van der Waals surface area contributed by atoms with Crippen molar-refractivity contribution < 1.29 is 17.9 Å². The first kappa shape index (κ1) is 14.6. The van der Waals surface area contributed by atoms with Gasteiger partial charge in [-0.3, -0.25) is 0 Å². The average molecular weight is 272 g/mol. The van der Waals surface area contributed by atoms with E-state index in [4.69, 9.17) is 5.14 Å². The first-order chi connectivity index (χ1) is 8.25. The minimum absolute atomic E-state index is 0.0532. The second-order valence-electron chi connectivity index (χ2n) is 4.10. The third-order valence-electron chi connectivity index (χ3n) is 2.26. The second-order valence-corrected chi connectivity index (χ2v) is 5.63. The van der Waals surface area contributed by atoms with Crippen LogP contribution in [0.4, 0.5) is 0 Å². The van der Waals surface area contributed by atoms with Gasteiger partial charge in [-0.2, -0.15) is 0 Å². The van der Waals surface area contributed by atoms with Gasteiger partial charge in [0.05, 0.1) is 17.6 Å². The Hall–Kier alpha value is -1.44. The Morgan fingerprint density at radius 1 is 1.39 bits per heavy atom. The first-order valence-electron chi connectivity index (χ1n) is 5.14. The molecule has 0 aliphatic rings. The topological polar surface area (TPSA) is 89.7 Å². The van der Waals surface area contributed by atoms with Crippen LogP contribution in [0.1, 0.15) is 15.9 Å². The van der Waals surface area contributed by atoms with Crippen LogP contribution < -0.4 is 5.14 Å². The molecule has 0 unspecified atom stereocenters. The Labute approximate surface area is 106 Å². The summed E-state index contributed by atoms with van der Waals surface area (Å²) in [4.78, 5) is 13.1. The number of carbonyl (C=O) groups excluding carboxylic acids is 1. The van der Waals surface area contributed by atoms with Gasteiger partial charge in [0, 0.05) is 6.54 Å². The van der Waals surface area contributed by atoms with Crippen LogP contribution in [0.5, 0.6) is 0 Å². The third-order valence-corrected chi connectivity index (χ3v) is 3.21. The molecule has 0 amide bonds. The summed E-state index contributed by atoms with van der Waals surface area (Å²) in [5.41, 5.74) is 0.694. The number of esters is 1. The monoisotopic (exact) mass is 272 g/mol. The number of rotatable bonds is 4. The van der Waals surface area contributed by atoms with Crippen molar-refractivity contribution in [1.82, 2.24) is 4.90 Å². The molecule has 6 nitrogen and oxygen atoms in total. The maximum atomic E-state index is 11.5. The van der Waals surface area contributed by atoms with Crippen molar-refractivity contribution in [2.24, 2.45) is 5.14 Å². The number of ether oxygens (including phenoxy) is 1. The lowest BCUT2D eigenvalue weighted by molar-refractivity contribution is 0.0596. The quantitative estimate of drug-likeness (QED) is 0.790. The predicted molar refractivity (Wildman–Crippen MR) is 66.5 cm³/mol. The summed E-state index contributed by atoms with van der Waals surface area (Å²) >= 11 is 0. The van der Waals surface area contributed by atoms with Crippen LogP contribution in [0.15, 0.2) is 23.1 Å². The lowest BCUT2D eigenvalue weighted by Gasteiger charge is -2.12. The van der Waals surface area contributed by atoms with E-state index in [1.807, 2.05) is 19.0 Å². The van der Waals surface area contributed by atoms with Crippen LogP contribution in [0.3, 0.4) is 0 Å². The van der Waals surface area contributed by atoms with Crippen molar-refractivity contribution in [3.63, 3.8) is 0 Å². The Balaban J connectivity index is 3.35. The maximum Gasteiger partial charge on any atom is 0.339 e. The highest BCUT2D eigenvalue weighted by molar-refractivity contribution is 7.89. The van der Waals surface area contributed by atoms with Crippen LogP contribution in [0.25, 0.3) is 0 Å². The molecular weight excluding hydrogens is 256 g/mol. The zero-order valence-electron chi connectivity index (χ0n) is 10.5. The van der Waals surface area contributed by atoms with Crippen molar-refractivity contribution in [3.8, 4) is 0 Å². The third kappa shape index (κ3) is 3.52. The highest BCUT2D eigenvalue weighted by atomic mass is 32.2. The van der Waals surface area contributed by atoms with E-state index in [2.05, 4.69) is 4.74 Å². The van der Waals surface area contributed by atoms with Crippen LogP contribution >= 0.6 is 0 Å². The van der Waals surface area contributed by atoms with Gasteiger partial charge in [-0.05, 0) is 31.8 Å². The van der Waals surface area contributed by atoms with Crippen molar-refractivity contribution in [2.75, 3.05) is 21.2 Å². The zero-order valence-corrected chi connectivity index (χ0v) is 11.3. The molecule has 7 heteroatoms. The molecule has 0 saturated carbocycles. The molecule has 1 aromatic carbocycles. The van der Waals surface area contributed by atoms with Gasteiger partial charge < -0.3 is 9.64 Å². The number of nitrogens with two attached hydrogens (primary N) is 1. The van der Waals surface area contributed by atoms with E-state index < -0.39 is 16.0 Å². The van der Waals surface area contributed by atoms with E-state index in [1.165, 1.54) is 19.2 Å². The summed E-state index contributed by atoms with van der Waals surface area (Å²) in [5.74, 6) is -0.726. The van der Waals surface area contributed by atoms with Crippen LogP contribution in [-0.4, -0.2) is 40.5 Å². The molecule has 1 rings (SSSR count). The zero-order chi connectivity index (χ0) is 13.9. The first-order valence-corrected chi connectivity index (χ1v) is 6.69. The smallest absolute Gasteiger partial charge is 0.339 e. The summed E-state index contributed by atoms with van der Waals surface area (Å²) in [6, 6.07) is 4.47. The SMILES string of the molecule is COC(=O)c1ccc(CN(C)C)cc1S(N)(=O)=O. The number of methoxy groups -OCH3 is 1. The van der Waals surface area contributed by atoms with Gasteiger partial charge in [-0.15, -0.1) is 0 Å². The van der Waals surface area contributed by atoms with E-state index in [9.17, 15) is 13.2 Å². The van der Waals surface area contributed by atoms with E-state index >= 15 is 0 Å². The fourth-order valence-corrected chi connectivity index (χ4v) is 2.32. The van der Waals surface area contributed by atoms with Crippen molar-refractivity contribution in [3.05, 3.63) is 29.3 Å². The molecular formula is C11H16N2O4S.